The van der Waals surface area contributed by atoms with Gasteiger partial charge in [-0.2, -0.15) is 0 Å². The van der Waals surface area contributed by atoms with E-state index in [1.54, 1.807) is 18.2 Å². The van der Waals surface area contributed by atoms with Crippen molar-refractivity contribution in [2.24, 2.45) is 0 Å². The molecule has 1 N–H and O–H groups in total. The number of carboxylic acids is 1. The van der Waals surface area contributed by atoms with Gasteiger partial charge in [0, 0.05) is 38.6 Å². The molecule has 0 aliphatic carbocycles. The van der Waals surface area contributed by atoms with E-state index in [-0.39, 0.29) is 5.78 Å². The Labute approximate surface area is 199 Å². The van der Waals surface area contributed by atoms with Gasteiger partial charge in [-0.05, 0) is 40.5 Å². The summed E-state index contributed by atoms with van der Waals surface area (Å²) in [5.41, 5.74) is 4.50. The third kappa shape index (κ3) is 4.80. The summed E-state index contributed by atoms with van der Waals surface area (Å²) in [6.07, 6.45) is 4.54. The molecule has 0 radical (unpaired) electrons. The van der Waals surface area contributed by atoms with Crippen molar-refractivity contribution in [3.05, 3.63) is 95.6 Å². The first kappa shape index (κ1) is 22.1. The molecule has 0 saturated carbocycles. The van der Waals surface area contributed by atoms with Crippen molar-refractivity contribution in [3.63, 3.8) is 0 Å². The van der Waals surface area contributed by atoms with Crippen LogP contribution in [-0.4, -0.2) is 40.4 Å². The number of fused-ring (bicyclic) bond motifs is 1. The number of carbonyl (C=O) groups excluding carboxylic acids is 1. The number of Topliss-reactive ketones (excluding diaryl/α,β-unsaturated/α-hetero) is 1. The number of nitrogens with zero attached hydrogens (tertiary/aromatic N) is 1. The Morgan fingerprint density at radius 2 is 1.68 bits per heavy atom. The first-order valence-electron chi connectivity index (χ1n) is 11.6. The van der Waals surface area contributed by atoms with Crippen LogP contribution in [0, 0.1) is 0 Å². The number of likely N-dealkylation sites (tertiary alicyclic amines) is 1. The molecule has 5 rings (SSSR count). The van der Waals surface area contributed by atoms with E-state index in [9.17, 15) is 9.59 Å². The molecular weight excluding hydrogens is 426 g/mol. The van der Waals surface area contributed by atoms with Gasteiger partial charge in [0.1, 0.15) is 11.4 Å². The van der Waals surface area contributed by atoms with E-state index in [2.05, 4.69) is 53.4 Å². The van der Waals surface area contributed by atoms with Crippen LogP contribution in [0.4, 0.5) is 0 Å². The van der Waals surface area contributed by atoms with Crippen LogP contribution in [0.2, 0.25) is 0 Å². The first-order chi connectivity index (χ1) is 16.5. The number of ketones is 1. The lowest BCUT2D eigenvalue weighted by Crippen LogP contribution is -2.50. The summed E-state index contributed by atoms with van der Waals surface area (Å²) in [5.74, 6) is -0.344. The SMILES string of the molecule is O=C(O)C=Cc1ccc2c(c1)C(=O)CC1(CCN(Cc3ccc(-c4ccccc4)cc3)CC1)O2. The van der Waals surface area contributed by atoms with Gasteiger partial charge in [-0.25, -0.2) is 4.79 Å². The van der Waals surface area contributed by atoms with Gasteiger partial charge in [0.2, 0.25) is 0 Å². The standard InChI is InChI=1S/C29H27NO4/c31-26-19-29(34-27-12-8-21(18-25(26)27)9-13-28(32)33)14-16-30(17-15-29)20-22-6-10-24(11-7-22)23-4-2-1-3-5-23/h1-13,18H,14-17,19-20H2,(H,32,33). The molecule has 1 fully saturated rings. The lowest BCUT2D eigenvalue weighted by Gasteiger charge is -2.44. The van der Waals surface area contributed by atoms with Gasteiger partial charge in [0.25, 0.3) is 0 Å². The number of rotatable bonds is 5. The molecule has 5 nitrogen and oxygen atoms in total. The number of aliphatic carboxylic acids is 1. The third-order valence-electron chi connectivity index (χ3n) is 6.77. The van der Waals surface area contributed by atoms with Gasteiger partial charge in [-0.15, -0.1) is 0 Å². The maximum Gasteiger partial charge on any atom is 0.328 e. The molecule has 0 bridgehead atoms. The number of carboxylic acid groups (broad SMARTS) is 1. The fourth-order valence-electron chi connectivity index (χ4n) is 4.87. The van der Waals surface area contributed by atoms with Crippen molar-refractivity contribution in [1.82, 2.24) is 4.90 Å². The second-order valence-corrected chi connectivity index (χ2v) is 9.15. The lowest BCUT2D eigenvalue weighted by molar-refractivity contribution is -0.131. The molecule has 0 amide bonds. The second kappa shape index (κ2) is 9.27. The van der Waals surface area contributed by atoms with Gasteiger partial charge in [0.05, 0.1) is 12.0 Å². The molecule has 172 valence electrons. The molecule has 1 saturated heterocycles. The highest BCUT2D eigenvalue weighted by atomic mass is 16.5. The van der Waals surface area contributed by atoms with E-state index in [0.29, 0.717) is 23.3 Å². The van der Waals surface area contributed by atoms with E-state index in [4.69, 9.17) is 9.84 Å². The van der Waals surface area contributed by atoms with Gasteiger partial charge < -0.3 is 9.84 Å². The van der Waals surface area contributed by atoms with Crippen molar-refractivity contribution in [1.29, 1.82) is 0 Å². The average Bonchev–Trinajstić information content (AvgIpc) is 2.85. The number of benzene rings is 3. The fraction of sp³-hybridized carbons (Fsp3) is 0.241. The lowest BCUT2D eigenvalue weighted by atomic mass is 9.82. The van der Waals surface area contributed by atoms with Gasteiger partial charge in [-0.3, -0.25) is 9.69 Å². The van der Waals surface area contributed by atoms with Gasteiger partial charge in [-0.1, -0.05) is 60.7 Å². The average molecular weight is 454 g/mol. The predicted octanol–water partition coefficient (Wildman–Crippen LogP) is 5.45. The van der Waals surface area contributed by atoms with E-state index in [0.717, 1.165) is 38.6 Å². The summed E-state index contributed by atoms with van der Waals surface area (Å²) in [5, 5.41) is 8.82. The normalized spacial score (nSPS) is 17.5. The molecule has 0 atom stereocenters. The van der Waals surface area contributed by atoms with E-state index in [1.807, 2.05) is 6.07 Å². The molecule has 0 unspecified atom stereocenters. The monoisotopic (exact) mass is 453 g/mol. The van der Waals surface area contributed by atoms with Gasteiger partial charge in [0.15, 0.2) is 5.78 Å². The smallest absolute Gasteiger partial charge is 0.328 e. The summed E-state index contributed by atoms with van der Waals surface area (Å²) in [4.78, 5) is 26.1. The Bertz CT molecular complexity index is 1220. The van der Waals surface area contributed by atoms with Gasteiger partial charge >= 0.3 is 5.97 Å². The Hall–Kier alpha value is -3.70. The van der Waals surface area contributed by atoms with Crippen molar-refractivity contribution >= 4 is 17.8 Å². The molecule has 2 heterocycles. The number of carbonyl (C=O) groups is 2. The summed E-state index contributed by atoms with van der Waals surface area (Å²) >= 11 is 0. The van der Waals surface area contributed by atoms with Crippen LogP contribution in [0.25, 0.3) is 17.2 Å². The molecule has 2 aliphatic heterocycles. The molecule has 1 spiro atoms. The third-order valence-corrected chi connectivity index (χ3v) is 6.77. The highest BCUT2D eigenvalue weighted by molar-refractivity contribution is 6.01. The Morgan fingerprint density at radius 3 is 2.38 bits per heavy atom. The van der Waals surface area contributed by atoms with E-state index in [1.165, 1.54) is 22.8 Å². The zero-order chi connectivity index (χ0) is 23.5. The predicted molar refractivity (Wildman–Crippen MR) is 132 cm³/mol. The highest BCUT2D eigenvalue weighted by Gasteiger charge is 2.42. The van der Waals surface area contributed by atoms with Crippen molar-refractivity contribution in [3.8, 4) is 16.9 Å². The zero-order valence-electron chi connectivity index (χ0n) is 18.9. The van der Waals surface area contributed by atoms with Crippen LogP contribution in [-0.2, 0) is 11.3 Å². The minimum Gasteiger partial charge on any atom is -0.486 e. The first-order valence-corrected chi connectivity index (χ1v) is 11.6. The maximum atomic E-state index is 12.9. The largest absolute Gasteiger partial charge is 0.486 e. The summed E-state index contributed by atoms with van der Waals surface area (Å²) in [7, 11) is 0. The van der Waals surface area contributed by atoms with Crippen LogP contribution < -0.4 is 4.74 Å². The number of ether oxygens (including phenoxy) is 1. The van der Waals surface area contributed by atoms with Crippen LogP contribution >= 0.6 is 0 Å². The minimum absolute atomic E-state index is 0.0665. The zero-order valence-corrected chi connectivity index (χ0v) is 18.9. The van der Waals surface area contributed by atoms with Crippen LogP contribution in [0.3, 0.4) is 0 Å². The molecule has 3 aromatic rings. The Morgan fingerprint density at radius 1 is 0.971 bits per heavy atom. The van der Waals surface area contributed by atoms with E-state index >= 15 is 0 Å². The fourth-order valence-corrected chi connectivity index (χ4v) is 4.87. The summed E-state index contributed by atoms with van der Waals surface area (Å²) < 4.78 is 6.39. The molecule has 2 aliphatic rings. The van der Waals surface area contributed by atoms with Crippen LogP contribution in [0.15, 0.2) is 78.9 Å². The molecule has 34 heavy (non-hydrogen) atoms. The van der Waals surface area contributed by atoms with Crippen molar-refractivity contribution in [2.45, 2.75) is 31.4 Å². The quantitative estimate of drug-likeness (QED) is 0.520. The minimum atomic E-state index is -1.02. The number of hydrogen-bond acceptors (Lipinski definition) is 4. The molecule has 0 aromatic heterocycles. The summed E-state index contributed by atoms with van der Waals surface area (Å²) in [6.45, 7) is 2.64. The van der Waals surface area contributed by atoms with Crippen LogP contribution in [0.5, 0.6) is 5.75 Å². The highest BCUT2D eigenvalue weighted by Crippen LogP contribution is 2.40. The second-order valence-electron chi connectivity index (χ2n) is 9.15. The van der Waals surface area contributed by atoms with Crippen molar-refractivity contribution < 1.29 is 19.4 Å². The topological polar surface area (TPSA) is 66.8 Å². The van der Waals surface area contributed by atoms with Crippen molar-refractivity contribution in [2.75, 3.05) is 13.1 Å². The molecule has 3 aromatic carbocycles. The van der Waals surface area contributed by atoms with E-state index < -0.39 is 11.6 Å². The maximum absolute atomic E-state index is 12.9. The number of piperidine rings is 1. The summed E-state index contributed by atoms with van der Waals surface area (Å²) in [6, 6.07) is 24.4. The Balaban J connectivity index is 1.21. The molecule has 5 heteroatoms. The Kier molecular flexibility index (Phi) is 6.03. The molecular formula is C29H27NO4. The van der Waals surface area contributed by atoms with Crippen LogP contribution in [0.1, 0.15) is 40.7 Å². The number of hydrogen-bond donors (Lipinski definition) is 1.